The van der Waals surface area contributed by atoms with E-state index in [1.54, 1.807) is 0 Å². The maximum Gasteiger partial charge on any atom is 0.509 e. The largest absolute Gasteiger partial charge is 0.509 e. The minimum atomic E-state index is -0.515. The highest BCUT2D eigenvalue weighted by Gasteiger charge is 2.33. The zero-order valence-electron chi connectivity index (χ0n) is 6.29. The fourth-order valence-corrected chi connectivity index (χ4v) is 1.12. The van der Waals surface area contributed by atoms with E-state index in [9.17, 15) is 4.79 Å². The molecule has 0 bridgehead atoms. The average molecular weight is 144 g/mol. The maximum absolute atomic E-state index is 10.5. The molecule has 1 aliphatic rings. The summed E-state index contributed by atoms with van der Waals surface area (Å²) in [5.74, 6) is 0. The summed E-state index contributed by atoms with van der Waals surface area (Å²) in [7, 11) is 0. The Balaban J connectivity index is 2.48. The molecule has 0 radical (unpaired) electrons. The van der Waals surface area contributed by atoms with Crippen LogP contribution >= 0.6 is 0 Å². The Kier molecular flexibility index (Phi) is 2.14. The lowest BCUT2D eigenvalue weighted by Gasteiger charge is -2.09. The highest BCUT2D eigenvalue weighted by Crippen LogP contribution is 2.19. The first-order chi connectivity index (χ1) is 4.77. The van der Waals surface area contributed by atoms with E-state index in [1.165, 1.54) is 0 Å². The second-order valence-electron chi connectivity index (χ2n) is 2.38. The molecule has 10 heavy (non-hydrogen) atoms. The van der Waals surface area contributed by atoms with Gasteiger partial charge < -0.3 is 9.47 Å². The predicted octanol–water partition coefficient (Wildman–Crippen LogP) is 1.71. The van der Waals surface area contributed by atoms with Gasteiger partial charge in [0.25, 0.3) is 0 Å². The van der Waals surface area contributed by atoms with Gasteiger partial charge in [0, 0.05) is 0 Å². The lowest BCUT2D eigenvalue weighted by molar-refractivity contribution is 0.115. The van der Waals surface area contributed by atoms with Gasteiger partial charge in [0.1, 0.15) is 12.2 Å². The van der Waals surface area contributed by atoms with Crippen LogP contribution in [0.5, 0.6) is 0 Å². The lowest BCUT2D eigenvalue weighted by atomic mass is 10.1. The summed E-state index contributed by atoms with van der Waals surface area (Å²) < 4.78 is 9.71. The summed E-state index contributed by atoms with van der Waals surface area (Å²) in [4.78, 5) is 10.5. The standard InChI is InChI=1S/C7H12O3/c1-3-5-6(4-2)10-7(8)9-5/h5-6H,3-4H2,1-2H3. The zero-order chi connectivity index (χ0) is 7.56. The smallest absolute Gasteiger partial charge is 0.427 e. The molecule has 0 aromatic rings. The first-order valence-electron chi connectivity index (χ1n) is 3.65. The second-order valence-corrected chi connectivity index (χ2v) is 2.38. The van der Waals surface area contributed by atoms with E-state index >= 15 is 0 Å². The fourth-order valence-electron chi connectivity index (χ4n) is 1.12. The highest BCUT2D eigenvalue weighted by molar-refractivity contribution is 5.62. The van der Waals surface area contributed by atoms with Gasteiger partial charge >= 0.3 is 6.16 Å². The third kappa shape index (κ3) is 1.23. The normalized spacial score (nSPS) is 31.6. The van der Waals surface area contributed by atoms with Gasteiger partial charge in [-0.25, -0.2) is 4.79 Å². The second kappa shape index (κ2) is 2.90. The number of carbonyl (C=O) groups is 1. The molecule has 2 atom stereocenters. The van der Waals surface area contributed by atoms with Gasteiger partial charge in [0.2, 0.25) is 0 Å². The molecule has 3 heteroatoms. The van der Waals surface area contributed by atoms with Gasteiger partial charge in [-0.05, 0) is 12.8 Å². The number of rotatable bonds is 2. The molecule has 2 unspecified atom stereocenters. The Bertz CT molecular complexity index is 119. The van der Waals surface area contributed by atoms with E-state index in [-0.39, 0.29) is 12.2 Å². The first-order valence-corrected chi connectivity index (χ1v) is 3.65. The molecule has 0 N–H and O–H groups in total. The molecule has 0 amide bonds. The van der Waals surface area contributed by atoms with Crippen molar-refractivity contribution in [2.45, 2.75) is 38.9 Å². The third-order valence-electron chi connectivity index (χ3n) is 1.71. The molecule has 1 fully saturated rings. The van der Waals surface area contributed by atoms with Crippen LogP contribution in [-0.4, -0.2) is 18.4 Å². The van der Waals surface area contributed by atoms with Crippen LogP contribution in [0.15, 0.2) is 0 Å². The highest BCUT2D eigenvalue weighted by atomic mass is 16.8. The van der Waals surface area contributed by atoms with E-state index in [1.807, 2.05) is 13.8 Å². The monoisotopic (exact) mass is 144 g/mol. The molecule has 1 saturated heterocycles. The van der Waals surface area contributed by atoms with Gasteiger partial charge in [-0.15, -0.1) is 0 Å². The van der Waals surface area contributed by atoms with E-state index in [4.69, 9.17) is 9.47 Å². The van der Waals surface area contributed by atoms with Crippen molar-refractivity contribution in [1.29, 1.82) is 0 Å². The number of hydrogen-bond acceptors (Lipinski definition) is 3. The average Bonchev–Trinajstić information content (AvgIpc) is 2.30. The van der Waals surface area contributed by atoms with Crippen LogP contribution in [0.2, 0.25) is 0 Å². The molecular formula is C7H12O3. The summed E-state index contributed by atoms with van der Waals surface area (Å²) in [5, 5.41) is 0. The minimum Gasteiger partial charge on any atom is -0.427 e. The third-order valence-corrected chi connectivity index (χ3v) is 1.71. The lowest BCUT2D eigenvalue weighted by Crippen LogP contribution is -2.20. The summed E-state index contributed by atoms with van der Waals surface area (Å²) in [5.41, 5.74) is 0. The molecule has 1 heterocycles. The van der Waals surface area contributed by atoms with Gasteiger partial charge in [0.05, 0.1) is 0 Å². The molecular weight excluding hydrogens is 132 g/mol. The first kappa shape index (κ1) is 7.38. The Labute approximate surface area is 60.3 Å². The van der Waals surface area contributed by atoms with Crippen molar-refractivity contribution < 1.29 is 14.3 Å². The van der Waals surface area contributed by atoms with Crippen molar-refractivity contribution in [3.8, 4) is 0 Å². The van der Waals surface area contributed by atoms with Crippen molar-refractivity contribution in [2.24, 2.45) is 0 Å². The van der Waals surface area contributed by atoms with Crippen LogP contribution in [0.4, 0.5) is 4.79 Å². The summed E-state index contributed by atoms with van der Waals surface area (Å²) in [6.45, 7) is 3.96. The Morgan fingerprint density at radius 3 is 1.90 bits per heavy atom. The maximum atomic E-state index is 10.5. The fraction of sp³-hybridized carbons (Fsp3) is 0.857. The van der Waals surface area contributed by atoms with E-state index < -0.39 is 6.16 Å². The molecule has 1 aliphatic heterocycles. The van der Waals surface area contributed by atoms with Crippen LogP contribution in [0.25, 0.3) is 0 Å². The number of carbonyl (C=O) groups excluding carboxylic acids is 1. The van der Waals surface area contributed by atoms with Crippen LogP contribution in [-0.2, 0) is 9.47 Å². The zero-order valence-corrected chi connectivity index (χ0v) is 6.29. The minimum absolute atomic E-state index is 0.0162. The summed E-state index contributed by atoms with van der Waals surface area (Å²) >= 11 is 0. The molecule has 0 aromatic carbocycles. The van der Waals surface area contributed by atoms with Crippen LogP contribution in [0.1, 0.15) is 26.7 Å². The van der Waals surface area contributed by atoms with Crippen molar-refractivity contribution in [3.63, 3.8) is 0 Å². The van der Waals surface area contributed by atoms with Crippen LogP contribution in [0, 0.1) is 0 Å². The summed E-state index contributed by atoms with van der Waals surface area (Å²) in [6.07, 6.45) is 1.13. The van der Waals surface area contributed by atoms with E-state index in [2.05, 4.69) is 0 Å². The molecule has 1 rings (SSSR count). The van der Waals surface area contributed by atoms with Gasteiger partial charge in [-0.1, -0.05) is 13.8 Å². The molecule has 0 saturated carbocycles. The topological polar surface area (TPSA) is 35.5 Å². The molecule has 0 spiro atoms. The van der Waals surface area contributed by atoms with Gasteiger partial charge in [-0.2, -0.15) is 0 Å². The number of cyclic esters (lactones) is 2. The Morgan fingerprint density at radius 2 is 1.60 bits per heavy atom. The van der Waals surface area contributed by atoms with Crippen LogP contribution in [0.3, 0.4) is 0 Å². The SMILES string of the molecule is CCC1OC(=O)OC1CC. The van der Waals surface area contributed by atoms with Crippen molar-refractivity contribution in [1.82, 2.24) is 0 Å². The Hall–Kier alpha value is -0.730. The van der Waals surface area contributed by atoms with E-state index in [0.29, 0.717) is 0 Å². The van der Waals surface area contributed by atoms with Crippen molar-refractivity contribution in [2.75, 3.05) is 0 Å². The quantitative estimate of drug-likeness (QED) is 0.553. The molecule has 58 valence electrons. The van der Waals surface area contributed by atoms with Crippen molar-refractivity contribution >= 4 is 6.16 Å². The number of hydrogen-bond donors (Lipinski definition) is 0. The van der Waals surface area contributed by atoms with Gasteiger partial charge in [-0.3, -0.25) is 0 Å². The van der Waals surface area contributed by atoms with Crippen molar-refractivity contribution in [3.05, 3.63) is 0 Å². The van der Waals surface area contributed by atoms with Crippen LogP contribution < -0.4 is 0 Å². The molecule has 0 aliphatic carbocycles. The van der Waals surface area contributed by atoms with E-state index in [0.717, 1.165) is 12.8 Å². The van der Waals surface area contributed by atoms with Gasteiger partial charge in [0.15, 0.2) is 0 Å². The molecule has 0 aromatic heterocycles. The predicted molar refractivity (Wildman–Crippen MR) is 35.7 cm³/mol. The number of ether oxygens (including phenoxy) is 2. The molecule has 3 nitrogen and oxygen atoms in total. The summed E-state index contributed by atoms with van der Waals surface area (Å²) in [6, 6.07) is 0. The Morgan fingerprint density at radius 1 is 1.20 bits per heavy atom.